The van der Waals surface area contributed by atoms with Crippen LogP contribution in [-0.4, -0.2) is 14.7 Å². The Labute approximate surface area is 76.6 Å². The highest BCUT2D eigenvalue weighted by Gasteiger charge is 2.06. The molecule has 1 N–H and O–H groups in total. The van der Waals surface area contributed by atoms with Crippen LogP contribution >= 0.6 is 0 Å². The second-order valence-electron chi connectivity index (χ2n) is 2.92. The minimum atomic E-state index is 0.00250. The standard InChI is InChI=1S/C10H12N2O/c1-2-12-9-6-4-3-5-8(9)11-10(12)7-13/h3-6,13H,2,7H2,1H3. The van der Waals surface area contributed by atoms with Crippen molar-refractivity contribution in [1.29, 1.82) is 0 Å². The molecule has 2 aromatic rings. The van der Waals surface area contributed by atoms with Gasteiger partial charge in [-0.25, -0.2) is 4.98 Å². The Morgan fingerprint density at radius 1 is 1.38 bits per heavy atom. The van der Waals surface area contributed by atoms with Crippen LogP contribution in [0.2, 0.25) is 0 Å². The van der Waals surface area contributed by atoms with Crippen LogP contribution in [0, 0.1) is 0 Å². The molecule has 0 aliphatic heterocycles. The van der Waals surface area contributed by atoms with Gasteiger partial charge in [0.05, 0.1) is 11.0 Å². The molecule has 0 fully saturated rings. The normalized spacial score (nSPS) is 10.9. The van der Waals surface area contributed by atoms with Crippen LogP contribution < -0.4 is 0 Å². The Balaban J connectivity index is 2.73. The van der Waals surface area contributed by atoms with E-state index < -0.39 is 0 Å². The van der Waals surface area contributed by atoms with Crippen molar-refractivity contribution in [2.75, 3.05) is 0 Å². The first-order valence-corrected chi connectivity index (χ1v) is 4.41. The summed E-state index contributed by atoms with van der Waals surface area (Å²) in [4.78, 5) is 4.31. The van der Waals surface area contributed by atoms with Crippen LogP contribution in [-0.2, 0) is 13.2 Å². The number of benzene rings is 1. The summed E-state index contributed by atoms with van der Waals surface area (Å²) >= 11 is 0. The topological polar surface area (TPSA) is 38.0 Å². The molecule has 3 heteroatoms. The second kappa shape index (κ2) is 3.18. The Morgan fingerprint density at radius 3 is 2.85 bits per heavy atom. The van der Waals surface area contributed by atoms with Gasteiger partial charge in [0.1, 0.15) is 12.4 Å². The lowest BCUT2D eigenvalue weighted by molar-refractivity contribution is 0.266. The molecule has 0 amide bonds. The molecule has 68 valence electrons. The van der Waals surface area contributed by atoms with Gasteiger partial charge in [-0.3, -0.25) is 0 Å². The average Bonchev–Trinajstić information content (AvgIpc) is 2.55. The minimum Gasteiger partial charge on any atom is -0.388 e. The van der Waals surface area contributed by atoms with Gasteiger partial charge in [-0.2, -0.15) is 0 Å². The Bertz CT molecular complexity index is 420. The SMILES string of the molecule is CCn1c(CO)nc2ccccc21. The molecular weight excluding hydrogens is 164 g/mol. The van der Waals surface area contributed by atoms with Crippen molar-refractivity contribution in [1.82, 2.24) is 9.55 Å². The lowest BCUT2D eigenvalue weighted by Crippen LogP contribution is -2.00. The summed E-state index contributed by atoms with van der Waals surface area (Å²) in [5.74, 6) is 0.740. The van der Waals surface area contributed by atoms with E-state index in [1.807, 2.05) is 35.8 Å². The van der Waals surface area contributed by atoms with Crippen LogP contribution in [0.25, 0.3) is 11.0 Å². The first-order chi connectivity index (χ1) is 6.36. The largest absolute Gasteiger partial charge is 0.388 e. The van der Waals surface area contributed by atoms with Crippen molar-refractivity contribution in [2.24, 2.45) is 0 Å². The summed E-state index contributed by atoms with van der Waals surface area (Å²) in [6.45, 7) is 2.90. The number of aliphatic hydroxyl groups excluding tert-OH is 1. The van der Waals surface area contributed by atoms with Gasteiger partial charge in [-0.1, -0.05) is 12.1 Å². The third-order valence-electron chi connectivity index (χ3n) is 2.19. The third kappa shape index (κ3) is 1.21. The van der Waals surface area contributed by atoms with E-state index in [0.29, 0.717) is 0 Å². The molecule has 0 spiro atoms. The molecule has 0 aliphatic carbocycles. The molecule has 0 saturated carbocycles. The molecule has 13 heavy (non-hydrogen) atoms. The fraction of sp³-hybridized carbons (Fsp3) is 0.300. The monoisotopic (exact) mass is 176 g/mol. The zero-order valence-corrected chi connectivity index (χ0v) is 7.57. The number of imidazole rings is 1. The Morgan fingerprint density at radius 2 is 2.15 bits per heavy atom. The van der Waals surface area contributed by atoms with Gasteiger partial charge in [0.15, 0.2) is 0 Å². The summed E-state index contributed by atoms with van der Waals surface area (Å²) in [7, 11) is 0. The van der Waals surface area contributed by atoms with E-state index in [1.165, 1.54) is 0 Å². The fourth-order valence-electron chi connectivity index (χ4n) is 1.60. The summed E-state index contributed by atoms with van der Waals surface area (Å²) in [5.41, 5.74) is 2.04. The number of aromatic nitrogens is 2. The maximum Gasteiger partial charge on any atom is 0.135 e. The van der Waals surface area contributed by atoms with E-state index in [1.54, 1.807) is 0 Å². The molecule has 1 aromatic heterocycles. The second-order valence-corrected chi connectivity index (χ2v) is 2.92. The molecule has 0 unspecified atom stereocenters. The highest BCUT2D eigenvalue weighted by Crippen LogP contribution is 2.15. The maximum atomic E-state index is 9.07. The smallest absolute Gasteiger partial charge is 0.135 e. The summed E-state index contributed by atoms with van der Waals surface area (Å²) in [6.07, 6.45) is 0. The Hall–Kier alpha value is -1.35. The zero-order chi connectivity index (χ0) is 9.26. The molecule has 0 radical (unpaired) electrons. The van der Waals surface area contributed by atoms with Crippen molar-refractivity contribution in [3.63, 3.8) is 0 Å². The minimum absolute atomic E-state index is 0.00250. The van der Waals surface area contributed by atoms with Crippen molar-refractivity contribution >= 4 is 11.0 Å². The van der Waals surface area contributed by atoms with E-state index in [9.17, 15) is 0 Å². The molecule has 0 bridgehead atoms. The van der Waals surface area contributed by atoms with Gasteiger partial charge < -0.3 is 9.67 Å². The average molecular weight is 176 g/mol. The lowest BCUT2D eigenvalue weighted by atomic mass is 10.3. The van der Waals surface area contributed by atoms with Gasteiger partial charge in [0.2, 0.25) is 0 Å². The van der Waals surface area contributed by atoms with Gasteiger partial charge >= 0.3 is 0 Å². The quantitative estimate of drug-likeness (QED) is 0.753. The molecule has 1 heterocycles. The van der Waals surface area contributed by atoms with Crippen molar-refractivity contribution in [3.8, 4) is 0 Å². The molecular formula is C10H12N2O. The third-order valence-corrected chi connectivity index (χ3v) is 2.19. The van der Waals surface area contributed by atoms with Crippen molar-refractivity contribution in [3.05, 3.63) is 30.1 Å². The Kier molecular flexibility index (Phi) is 2.02. The summed E-state index contributed by atoms with van der Waals surface area (Å²) < 4.78 is 2.02. The number of fused-ring (bicyclic) bond motifs is 1. The van der Waals surface area contributed by atoms with E-state index in [4.69, 9.17) is 5.11 Å². The zero-order valence-electron chi connectivity index (χ0n) is 7.57. The van der Waals surface area contributed by atoms with Crippen molar-refractivity contribution in [2.45, 2.75) is 20.1 Å². The van der Waals surface area contributed by atoms with E-state index in [0.717, 1.165) is 23.4 Å². The van der Waals surface area contributed by atoms with E-state index in [-0.39, 0.29) is 6.61 Å². The molecule has 0 saturated heterocycles. The lowest BCUT2D eigenvalue weighted by Gasteiger charge is -2.01. The van der Waals surface area contributed by atoms with Gasteiger partial charge in [-0.15, -0.1) is 0 Å². The number of nitrogens with zero attached hydrogens (tertiary/aromatic N) is 2. The highest BCUT2D eigenvalue weighted by atomic mass is 16.3. The molecule has 0 aliphatic rings. The van der Waals surface area contributed by atoms with Gasteiger partial charge in [0.25, 0.3) is 0 Å². The predicted octanol–water partition coefficient (Wildman–Crippen LogP) is 1.55. The van der Waals surface area contributed by atoms with Crippen molar-refractivity contribution < 1.29 is 5.11 Å². The number of aryl methyl sites for hydroxylation is 1. The maximum absolute atomic E-state index is 9.07. The molecule has 0 atom stereocenters. The summed E-state index contributed by atoms with van der Waals surface area (Å²) in [5, 5.41) is 9.07. The number of para-hydroxylation sites is 2. The highest BCUT2D eigenvalue weighted by molar-refractivity contribution is 5.75. The number of hydrogen-bond donors (Lipinski definition) is 1. The number of hydrogen-bond acceptors (Lipinski definition) is 2. The van der Waals surface area contributed by atoms with Crippen LogP contribution in [0.5, 0.6) is 0 Å². The first-order valence-electron chi connectivity index (χ1n) is 4.41. The van der Waals surface area contributed by atoms with Crippen LogP contribution in [0.4, 0.5) is 0 Å². The number of rotatable bonds is 2. The first kappa shape index (κ1) is 8.26. The molecule has 3 nitrogen and oxygen atoms in total. The fourth-order valence-corrected chi connectivity index (χ4v) is 1.60. The molecule has 1 aromatic carbocycles. The van der Waals surface area contributed by atoms with Crippen LogP contribution in [0.15, 0.2) is 24.3 Å². The molecule has 2 rings (SSSR count). The van der Waals surface area contributed by atoms with E-state index in [2.05, 4.69) is 4.98 Å². The van der Waals surface area contributed by atoms with Gasteiger partial charge in [-0.05, 0) is 19.1 Å². The predicted molar refractivity (Wildman–Crippen MR) is 51.3 cm³/mol. The van der Waals surface area contributed by atoms with E-state index >= 15 is 0 Å². The van der Waals surface area contributed by atoms with Crippen LogP contribution in [0.3, 0.4) is 0 Å². The number of aliphatic hydroxyl groups is 1. The summed E-state index contributed by atoms with van der Waals surface area (Å²) in [6, 6.07) is 7.92. The van der Waals surface area contributed by atoms with Gasteiger partial charge in [0, 0.05) is 6.54 Å². The van der Waals surface area contributed by atoms with Crippen LogP contribution in [0.1, 0.15) is 12.7 Å².